The summed E-state index contributed by atoms with van der Waals surface area (Å²) in [5, 5.41) is 4.34. The third-order valence-corrected chi connectivity index (χ3v) is 3.82. The molecule has 1 aromatic rings. The number of hydrogen-bond donors (Lipinski definition) is 0. The van der Waals surface area contributed by atoms with Crippen molar-refractivity contribution in [2.45, 2.75) is 64.9 Å². The van der Waals surface area contributed by atoms with Crippen LogP contribution in [0.25, 0.3) is 0 Å². The molecule has 1 heterocycles. The molecule has 0 bridgehead atoms. The van der Waals surface area contributed by atoms with E-state index in [9.17, 15) is 0 Å². The minimum absolute atomic E-state index is 0.426. The van der Waals surface area contributed by atoms with Gasteiger partial charge in [-0.3, -0.25) is 0 Å². The van der Waals surface area contributed by atoms with Crippen LogP contribution in [-0.2, 0) is 11.2 Å². The molecule has 1 nitrogen and oxygen atoms in total. The lowest BCUT2D eigenvalue weighted by molar-refractivity contribution is 0.0607. The Kier molecular flexibility index (Phi) is 8.37. The van der Waals surface area contributed by atoms with Gasteiger partial charge >= 0.3 is 0 Å². The smallest absolute Gasteiger partial charge is 0.0547 e. The van der Waals surface area contributed by atoms with E-state index in [1.54, 1.807) is 11.3 Å². The van der Waals surface area contributed by atoms with Crippen LogP contribution in [0.1, 0.15) is 57.9 Å². The standard InChI is InChI=1S/C15H26OS/c1-3-4-5-6-7-8-14(2)16-11-9-15-10-12-17-13-15/h10,12-14H,3-9,11H2,1-2H3/t14-/m1/s1. The van der Waals surface area contributed by atoms with Gasteiger partial charge in [0.2, 0.25) is 0 Å². The molecule has 0 radical (unpaired) electrons. The predicted octanol–water partition coefficient (Wildman–Crippen LogP) is 5.06. The Morgan fingerprint density at radius 1 is 1.24 bits per heavy atom. The first-order valence-electron chi connectivity index (χ1n) is 6.95. The molecule has 0 fully saturated rings. The maximum Gasteiger partial charge on any atom is 0.0547 e. The Balaban J connectivity index is 1.92. The van der Waals surface area contributed by atoms with Crippen LogP contribution in [0.3, 0.4) is 0 Å². The highest BCUT2D eigenvalue weighted by molar-refractivity contribution is 7.07. The number of thiophene rings is 1. The average Bonchev–Trinajstić information content (AvgIpc) is 2.82. The topological polar surface area (TPSA) is 9.23 Å². The number of ether oxygens (including phenoxy) is 1. The van der Waals surface area contributed by atoms with Crippen LogP contribution in [0.15, 0.2) is 16.8 Å². The molecule has 0 saturated carbocycles. The summed E-state index contributed by atoms with van der Waals surface area (Å²) in [5.41, 5.74) is 1.41. The molecule has 0 aromatic carbocycles. The molecule has 0 aliphatic rings. The van der Waals surface area contributed by atoms with Crippen LogP contribution in [0.5, 0.6) is 0 Å². The highest BCUT2D eigenvalue weighted by atomic mass is 32.1. The molecule has 0 amide bonds. The van der Waals surface area contributed by atoms with Crippen molar-refractivity contribution in [2.75, 3.05) is 6.61 Å². The Morgan fingerprint density at radius 2 is 2.06 bits per heavy atom. The summed E-state index contributed by atoms with van der Waals surface area (Å²) in [4.78, 5) is 0. The fourth-order valence-electron chi connectivity index (χ4n) is 1.93. The van der Waals surface area contributed by atoms with Gasteiger partial charge in [0.05, 0.1) is 12.7 Å². The van der Waals surface area contributed by atoms with Gasteiger partial charge in [-0.2, -0.15) is 11.3 Å². The number of unbranched alkanes of at least 4 members (excludes halogenated alkanes) is 4. The second-order valence-corrected chi connectivity index (χ2v) is 5.55. The Bertz CT molecular complexity index is 256. The van der Waals surface area contributed by atoms with E-state index < -0.39 is 0 Å². The van der Waals surface area contributed by atoms with Crippen LogP contribution in [0.4, 0.5) is 0 Å². The van der Waals surface area contributed by atoms with Gasteiger partial charge in [-0.05, 0) is 42.2 Å². The summed E-state index contributed by atoms with van der Waals surface area (Å²) in [6.07, 6.45) is 9.48. The van der Waals surface area contributed by atoms with E-state index in [0.717, 1.165) is 13.0 Å². The maximum atomic E-state index is 5.83. The van der Waals surface area contributed by atoms with Crippen molar-refractivity contribution in [3.05, 3.63) is 22.4 Å². The first-order chi connectivity index (χ1) is 8.33. The van der Waals surface area contributed by atoms with Crippen molar-refractivity contribution >= 4 is 11.3 Å². The summed E-state index contributed by atoms with van der Waals surface area (Å²) in [7, 11) is 0. The molecular weight excluding hydrogens is 228 g/mol. The van der Waals surface area contributed by atoms with Crippen LogP contribution >= 0.6 is 11.3 Å². The number of hydrogen-bond acceptors (Lipinski definition) is 2. The molecule has 1 atom stereocenters. The second-order valence-electron chi connectivity index (χ2n) is 4.77. The highest BCUT2D eigenvalue weighted by Crippen LogP contribution is 2.11. The van der Waals surface area contributed by atoms with Gasteiger partial charge in [0.1, 0.15) is 0 Å². The van der Waals surface area contributed by atoms with Gasteiger partial charge in [-0.1, -0.05) is 39.0 Å². The monoisotopic (exact) mass is 254 g/mol. The zero-order valence-corrected chi connectivity index (χ0v) is 12.1. The van der Waals surface area contributed by atoms with Gasteiger partial charge in [-0.25, -0.2) is 0 Å². The molecule has 0 unspecified atom stereocenters. The van der Waals surface area contributed by atoms with Crippen LogP contribution in [0, 0.1) is 0 Å². The molecule has 2 heteroatoms. The minimum atomic E-state index is 0.426. The predicted molar refractivity (Wildman–Crippen MR) is 76.8 cm³/mol. The van der Waals surface area contributed by atoms with Crippen molar-refractivity contribution in [3.8, 4) is 0 Å². The normalized spacial score (nSPS) is 12.8. The van der Waals surface area contributed by atoms with Crippen molar-refractivity contribution in [1.82, 2.24) is 0 Å². The lowest BCUT2D eigenvalue weighted by Gasteiger charge is -2.12. The van der Waals surface area contributed by atoms with E-state index in [2.05, 4.69) is 30.7 Å². The van der Waals surface area contributed by atoms with E-state index >= 15 is 0 Å². The Labute approximate surface area is 110 Å². The zero-order chi connectivity index (χ0) is 12.3. The van der Waals surface area contributed by atoms with Gasteiger partial charge in [-0.15, -0.1) is 0 Å². The number of rotatable bonds is 10. The largest absolute Gasteiger partial charge is 0.378 e. The average molecular weight is 254 g/mol. The molecule has 1 rings (SSSR count). The maximum absolute atomic E-state index is 5.83. The van der Waals surface area contributed by atoms with Crippen molar-refractivity contribution in [3.63, 3.8) is 0 Å². The summed E-state index contributed by atoms with van der Waals surface area (Å²) in [6, 6.07) is 2.18. The summed E-state index contributed by atoms with van der Waals surface area (Å²) >= 11 is 1.76. The van der Waals surface area contributed by atoms with Gasteiger partial charge in [0.15, 0.2) is 0 Å². The molecule has 0 spiro atoms. The van der Waals surface area contributed by atoms with Crippen LogP contribution in [-0.4, -0.2) is 12.7 Å². The van der Waals surface area contributed by atoms with E-state index in [0.29, 0.717) is 6.10 Å². The van der Waals surface area contributed by atoms with Gasteiger partial charge < -0.3 is 4.74 Å². The van der Waals surface area contributed by atoms with E-state index in [1.165, 1.54) is 44.1 Å². The third kappa shape index (κ3) is 7.56. The lowest BCUT2D eigenvalue weighted by atomic mass is 10.1. The fraction of sp³-hybridized carbons (Fsp3) is 0.733. The first kappa shape index (κ1) is 14.7. The van der Waals surface area contributed by atoms with E-state index in [1.807, 2.05) is 0 Å². The molecule has 98 valence electrons. The molecule has 0 saturated heterocycles. The molecule has 17 heavy (non-hydrogen) atoms. The third-order valence-electron chi connectivity index (χ3n) is 3.09. The first-order valence-corrected chi connectivity index (χ1v) is 7.90. The minimum Gasteiger partial charge on any atom is -0.378 e. The fourth-order valence-corrected chi connectivity index (χ4v) is 2.63. The molecule has 1 aromatic heterocycles. The highest BCUT2D eigenvalue weighted by Gasteiger charge is 2.02. The summed E-state index contributed by atoms with van der Waals surface area (Å²) < 4.78 is 5.83. The van der Waals surface area contributed by atoms with E-state index in [-0.39, 0.29) is 0 Å². The molecule has 0 N–H and O–H groups in total. The zero-order valence-electron chi connectivity index (χ0n) is 11.3. The van der Waals surface area contributed by atoms with Gasteiger partial charge in [0, 0.05) is 0 Å². The Morgan fingerprint density at radius 3 is 2.76 bits per heavy atom. The van der Waals surface area contributed by atoms with Crippen LogP contribution in [0.2, 0.25) is 0 Å². The van der Waals surface area contributed by atoms with Crippen molar-refractivity contribution < 1.29 is 4.74 Å². The van der Waals surface area contributed by atoms with Gasteiger partial charge in [0.25, 0.3) is 0 Å². The molecular formula is C15H26OS. The summed E-state index contributed by atoms with van der Waals surface area (Å²) in [6.45, 7) is 5.33. The SMILES string of the molecule is CCCCCCC[C@@H](C)OCCc1ccsc1. The molecule has 0 aliphatic heterocycles. The Hall–Kier alpha value is -0.340. The van der Waals surface area contributed by atoms with E-state index in [4.69, 9.17) is 4.74 Å². The van der Waals surface area contributed by atoms with Crippen LogP contribution < -0.4 is 0 Å². The molecule has 0 aliphatic carbocycles. The van der Waals surface area contributed by atoms with Crippen molar-refractivity contribution in [2.24, 2.45) is 0 Å². The second kappa shape index (κ2) is 9.67. The van der Waals surface area contributed by atoms with Crippen molar-refractivity contribution in [1.29, 1.82) is 0 Å². The quantitative estimate of drug-likeness (QED) is 0.530. The lowest BCUT2D eigenvalue weighted by Crippen LogP contribution is -2.10. The summed E-state index contributed by atoms with van der Waals surface area (Å²) in [5.74, 6) is 0.